The quantitative estimate of drug-likeness (QED) is 0.737. The Morgan fingerprint density at radius 3 is 2.73 bits per heavy atom. The van der Waals surface area contributed by atoms with Crippen molar-refractivity contribution >= 4 is 5.91 Å². The van der Waals surface area contributed by atoms with E-state index in [0.717, 1.165) is 23.0 Å². The molecule has 6 heteroatoms. The summed E-state index contributed by atoms with van der Waals surface area (Å²) in [5, 5.41) is 16.6. The minimum Gasteiger partial charge on any atom is -0.508 e. The van der Waals surface area contributed by atoms with E-state index in [1.54, 1.807) is 10.9 Å². The lowest BCUT2D eigenvalue weighted by atomic mass is 10.1. The number of nitrogens with zero attached hydrogens (tertiary/aromatic N) is 2. The Balaban J connectivity index is 1.83. The van der Waals surface area contributed by atoms with Gasteiger partial charge in [-0.3, -0.25) is 4.79 Å². The predicted molar refractivity (Wildman–Crippen MR) is 96.9 cm³/mol. The van der Waals surface area contributed by atoms with E-state index in [9.17, 15) is 14.3 Å². The second kappa shape index (κ2) is 7.39. The molecule has 0 spiro atoms. The molecule has 134 valence electrons. The molecule has 0 saturated carbocycles. The molecule has 2 N–H and O–H groups in total. The summed E-state index contributed by atoms with van der Waals surface area (Å²) >= 11 is 0. The first-order valence-electron chi connectivity index (χ1n) is 8.39. The standard InChI is InChI=1S/C20H20FN3O2/c1-3-18-17(12-23-24(18)19-7-5-4-6-13(19)2)20(26)22-11-14-8-15(21)10-16(25)9-14/h4-10,12,25H,3,11H2,1-2H3,(H,22,26). The van der Waals surface area contributed by atoms with Crippen LogP contribution in [0.5, 0.6) is 5.75 Å². The molecule has 1 aromatic heterocycles. The minimum atomic E-state index is -0.545. The number of aromatic nitrogens is 2. The third-order valence-electron chi connectivity index (χ3n) is 4.19. The number of nitrogens with one attached hydrogen (secondary N) is 1. The van der Waals surface area contributed by atoms with Gasteiger partial charge in [-0.2, -0.15) is 5.10 Å². The molecule has 0 atom stereocenters. The van der Waals surface area contributed by atoms with E-state index >= 15 is 0 Å². The lowest BCUT2D eigenvalue weighted by Gasteiger charge is -2.11. The van der Waals surface area contributed by atoms with Gasteiger partial charge in [0, 0.05) is 12.6 Å². The highest BCUT2D eigenvalue weighted by atomic mass is 19.1. The van der Waals surface area contributed by atoms with Gasteiger partial charge in [-0.05, 0) is 42.7 Å². The molecule has 0 aliphatic rings. The fourth-order valence-electron chi connectivity index (χ4n) is 2.93. The van der Waals surface area contributed by atoms with Crippen molar-refractivity contribution in [1.29, 1.82) is 0 Å². The van der Waals surface area contributed by atoms with Crippen LogP contribution in [0.25, 0.3) is 5.69 Å². The highest BCUT2D eigenvalue weighted by molar-refractivity contribution is 5.95. The van der Waals surface area contributed by atoms with E-state index in [1.165, 1.54) is 12.1 Å². The molecule has 1 heterocycles. The van der Waals surface area contributed by atoms with Gasteiger partial charge in [-0.1, -0.05) is 25.1 Å². The van der Waals surface area contributed by atoms with Crippen LogP contribution in [0.15, 0.2) is 48.7 Å². The average molecular weight is 353 g/mol. The van der Waals surface area contributed by atoms with Gasteiger partial charge in [0.15, 0.2) is 0 Å². The van der Waals surface area contributed by atoms with Crippen LogP contribution in [0, 0.1) is 12.7 Å². The van der Waals surface area contributed by atoms with Crippen LogP contribution >= 0.6 is 0 Å². The molecule has 0 bridgehead atoms. The number of halogens is 1. The summed E-state index contributed by atoms with van der Waals surface area (Å²) in [7, 11) is 0. The summed E-state index contributed by atoms with van der Waals surface area (Å²) in [5.74, 6) is -1.00. The van der Waals surface area contributed by atoms with Gasteiger partial charge in [0.25, 0.3) is 5.91 Å². The molecule has 0 aliphatic heterocycles. The number of phenolic OH excluding ortho intramolecular Hbond substituents is 1. The summed E-state index contributed by atoms with van der Waals surface area (Å²) < 4.78 is 15.1. The van der Waals surface area contributed by atoms with E-state index in [0.29, 0.717) is 17.5 Å². The smallest absolute Gasteiger partial charge is 0.255 e. The normalized spacial score (nSPS) is 10.7. The van der Waals surface area contributed by atoms with Crippen LogP contribution in [0.2, 0.25) is 0 Å². The molecule has 5 nitrogen and oxygen atoms in total. The van der Waals surface area contributed by atoms with E-state index in [-0.39, 0.29) is 18.2 Å². The Hall–Kier alpha value is -3.15. The zero-order chi connectivity index (χ0) is 18.7. The number of hydrogen-bond donors (Lipinski definition) is 2. The molecule has 0 saturated heterocycles. The number of amides is 1. The maximum atomic E-state index is 13.3. The number of aromatic hydroxyl groups is 1. The third kappa shape index (κ3) is 3.59. The van der Waals surface area contributed by atoms with Crippen LogP contribution < -0.4 is 5.32 Å². The third-order valence-corrected chi connectivity index (χ3v) is 4.19. The number of rotatable bonds is 5. The first kappa shape index (κ1) is 17.7. The number of aryl methyl sites for hydroxylation is 1. The van der Waals surface area contributed by atoms with Crippen molar-refractivity contribution in [3.8, 4) is 11.4 Å². The van der Waals surface area contributed by atoms with Crippen molar-refractivity contribution in [2.24, 2.45) is 0 Å². The Bertz CT molecular complexity index is 930. The Labute approximate surface area is 151 Å². The Morgan fingerprint density at radius 1 is 1.27 bits per heavy atom. The zero-order valence-electron chi connectivity index (χ0n) is 14.7. The predicted octanol–water partition coefficient (Wildman–Crippen LogP) is 3.52. The molecule has 1 amide bonds. The molecule has 0 radical (unpaired) electrons. The fraction of sp³-hybridized carbons (Fsp3) is 0.200. The van der Waals surface area contributed by atoms with Gasteiger partial charge in [0.05, 0.1) is 23.1 Å². The maximum absolute atomic E-state index is 13.3. The molecule has 2 aromatic carbocycles. The van der Waals surface area contributed by atoms with Crippen molar-refractivity contribution in [1.82, 2.24) is 15.1 Å². The first-order valence-corrected chi connectivity index (χ1v) is 8.39. The van der Waals surface area contributed by atoms with Crippen LogP contribution in [0.1, 0.15) is 34.1 Å². The second-order valence-electron chi connectivity index (χ2n) is 6.06. The maximum Gasteiger partial charge on any atom is 0.255 e. The monoisotopic (exact) mass is 353 g/mol. The van der Waals surface area contributed by atoms with Crippen LogP contribution in [-0.4, -0.2) is 20.8 Å². The summed E-state index contributed by atoms with van der Waals surface area (Å²) in [6, 6.07) is 11.5. The van der Waals surface area contributed by atoms with Gasteiger partial charge in [0.2, 0.25) is 0 Å². The van der Waals surface area contributed by atoms with Crippen LogP contribution in [0.3, 0.4) is 0 Å². The number of hydrogen-bond acceptors (Lipinski definition) is 3. The molecular weight excluding hydrogens is 333 g/mol. The molecule has 26 heavy (non-hydrogen) atoms. The van der Waals surface area contributed by atoms with E-state index < -0.39 is 5.82 Å². The number of carbonyl (C=O) groups is 1. The molecule has 0 fully saturated rings. The summed E-state index contributed by atoms with van der Waals surface area (Å²) in [5.41, 5.74) is 3.77. The lowest BCUT2D eigenvalue weighted by molar-refractivity contribution is 0.0950. The van der Waals surface area contributed by atoms with Gasteiger partial charge in [-0.25, -0.2) is 9.07 Å². The Kier molecular flexibility index (Phi) is 5.02. The van der Waals surface area contributed by atoms with Gasteiger partial charge >= 0.3 is 0 Å². The zero-order valence-corrected chi connectivity index (χ0v) is 14.7. The van der Waals surface area contributed by atoms with Crippen molar-refractivity contribution in [2.75, 3.05) is 0 Å². The van der Waals surface area contributed by atoms with Crippen molar-refractivity contribution in [3.05, 3.63) is 76.9 Å². The van der Waals surface area contributed by atoms with Crippen molar-refractivity contribution in [2.45, 2.75) is 26.8 Å². The highest BCUT2D eigenvalue weighted by Gasteiger charge is 2.17. The second-order valence-corrected chi connectivity index (χ2v) is 6.06. The van der Waals surface area contributed by atoms with Crippen LogP contribution in [0.4, 0.5) is 4.39 Å². The van der Waals surface area contributed by atoms with Gasteiger partial charge in [0.1, 0.15) is 11.6 Å². The molecule has 3 rings (SSSR count). The summed E-state index contributed by atoms with van der Waals surface area (Å²) in [6.45, 7) is 4.07. The molecular formula is C20H20FN3O2. The number of benzene rings is 2. The number of phenols is 1. The average Bonchev–Trinajstić information content (AvgIpc) is 3.03. The number of carbonyl (C=O) groups excluding carboxylic acids is 1. The van der Waals surface area contributed by atoms with Crippen LogP contribution in [-0.2, 0) is 13.0 Å². The van der Waals surface area contributed by atoms with E-state index in [4.69, 9.17) is 0 Å². The molecule has 3 aromatic rings. The van der Waals surface area contributed by atoms with E-state index in [1.807, 2.05) is 38.1 Å². The SMILES string of the molecule is CCc1c(C(=O)NCc2cc(O)cc(F)c2)cnn1-c1ccccc1C. The lowest BCUT2D eigenvalue weighted by Crippen LogP contribution is -2.24. The van der Waals surface area contributed by atoms with Crippen molar-refractivity contribution in [3.63, 3.8) is 0 Å². The first-order chi connectivity index (χ1) is 12.5. The topological polar surface area (TPSA) is 67.2 Å². The fourth-order valence-corrected chi connectivity index (χ4v) is 2.93. The van der Waals surface area contributed by atoms with Crippen molar-refractivity contribution < 1.29 is 14.3 Å². The molecule has 0 aliphatic carbocycles. The summed E-state index contributed by atoms with van der Waals surface area (Å²) in [4.78, 5) is 12.6. The highest BCUT2D eigenvalue weighted by Crippen LogP contribution is 2.19. The van der Waals surface area contributed by atoms with Gasteiger partial charge in [-0.15, -0.1) is 0 Å². The largest absolute Gasteiger partial charge is 0.508 e. The summed E-state index contributed by atoms with van der Waals surface area (Å²) in [6.07, 6.45) is 2.18. The molecule has 0 unspecified atom stereocenters. The van der Waals surface area contributed by atoms with E-state index in [2.05, 4.69) is 10.4 Å². The number of para-hydroxylation sites is 1. The minimum absolute atomic E-state index is 0.114. The van der Waals surface area contributed by atoms with Gasteiger partial charge < -0.3 is 10.4 Å². The Morgan fingerprint density at radius 2 is 2.04 bits per heavy atom.